The van der Waals surface area contributed by atoms with Crippen LogP contribution in [0.2, 0.25) is 0 Å². The third-order valence-electron chi connectivity index (χ3n) is 3.89. The van der Waals surface area contributed by atoms with Gasteiger partial charge in [-0.3, -0.25) is 19.0 Å². The summed E-state index contributed by atoms with van der Waals surface area (Å²) in [6, 6.07) is 8.34. The molecule has 0 radical (unpaired) electrons. The minimum atomic E-state index is -0.341. The highest BCUT2D eigenvalue weighted by Crippen LogP contribution is 2.21. The van der Waals surface area contributed by atoms with E-state index < -0.39 is 0 Å². The number of anilines is 1. The van der Waals surface area contributed by atoms with Gasteiger partial charge in [0, 0.05) is 23.2 Å². The van der Waals surface area contributed by atoms with Crippen molar-refractivity contribution in [3.63, 3.8) is 0 Å². The Bertz CT molecular complexity index is 1020. The SMILES string of the molecule is CCc1cc2c(=O)n(CC(=O)Nc3ccc(C(=O)NC)cc3)cnc2s1. The van der Waals surface area contributed by atoms with Crippen molar-refractivity contribution in [3.05, 3.63) is 57.5 Å². The van der Waals surface area contributed by atoms with Gasteiger partial charge in [-0.15, -0.1) is 11.3 Å². The fourth-order valence-electron chi connectivity index (χ4n) is 2.50. The first-order valence-electron chi connectivity index (χ1n) is 8.11. The van der Waals surface area contributed by atoms with Crippen molar-refractivity contribution < 1.29 is 9.59 Å². The molecule has 0 saturated carbocycles. The lowest BCUT2D eigenvalue weighted by molar-refractivity contribution is -0.116. The molecule has 0 bridgehead atoms. The van der Waals surface area contributed by atoms with Gasteiger partial charge in [-0.25, -0.2) is 4.98 Å². The Morgan fingerprint density at radius 2 is 1.96 bits per heavy atom. The zero-order valence-corrected chi connectivity index (χ0v) is 15.2. The molecule has 0 atom stereocenters. The van der Waals surface area contributed by atoms with Crippen LogP contribution in [0.15, 0.2) is 41.5 Å². The van der Waals surface area contributed by atoms with Crippen molar-refractivity contribution >= 4 is 39.1 Å². The van der Waals surface area contributed by atoms with E-state index in [9.17, 15) is 14.4 Å². The van der Waals surface area contributed by atoms with E-state index in [0.717, 1.165) is 11.3 Å². The summed E-state index contributed by atoms with van der Waals surface area (Å²) in [6.07, 6.45) is 2.24. The predicted octanol–water partition coefficient (Wildman–Crippen LogP) is 2.02. The largest absolute Gasteiger partial charge is 0.355 e. The van der Waals surface area contributed by atoms with E-state index in [4.69, 9.17) is 0 Å². The average molecular weight is 370 g/mol. The van der Waals surface area contributed by atoms with E-state index in [1.807, 2.05) is 13.0 Å². The summed E-state index contributed by atoms with van der Waals surface area (Å²) >= 11 is 1.49. The molecule has 0 fully saturated rings. The van der Waals surface area contributed by atoms with Gasteiger partial charge in [0.2, 0.25) is 5.91 Å². The second-order valence-corrected chi connectivity index (χ2v) is 6.78. The maximum atomic E-state index is 12.5. The molecule has 2 N–H and O–H groups in total. The standard InChI is InChI=1S/C18H18N4O3S/c1-3-13-8-14-17(26-13)20-10-22(18(14)25)9-15(23)21-12-6-4-11(5-7-12)16(24)19-2/h4-8,10H,3,9H2,1-2H3,(H,19,24)(H,21,23). The number of hydrogen-bond acceptors (Lipinski definition) is 5. The Kier molecular flexibility index (Phi) is 5.13. The summed E-state index contributed by atoms with van der Waals surface area (Å²) in [7, 11) is 1.55. The first-order valence-corrected chi connectivity index (χ1v) is 8.93. The van der Waals surface area contributed by atoms with Gasteiger partial charge in [-0.05, 0) is 36.8 Å². The van der Waals surface area contributed by atoms with E-state index in [1.54, 1.807) is 31.3 Å². The molecule has 0 aliphatic carbocycles. The molecule has 0 spiro atoms. The fraction of sp³-hybridized carbons (Fsp3) is 0.222. The molecule has 3 aromatic rings. The molecule has 7 nitrogen and oxygen atoms in total. The molecular weight excluding hydrogens is 352 g/mol. The Morgan fingerprint density at radius 3 is 2.62 bits per heavy atom. The van der Waals surface area contributed by atoms with E-state index in [-0.39, 0.29) is 23.9 Å². The molecule has 2 heterocycles. The highest BCUT2D eigenvalue weighted by atomic mass is 32.1. The van der Waals surface area contributed by atoms with Gasteiger partial charge in [0.25, 0.3) is 11.5 Å². The van der Waals surface area contributed by atoms with Crippen LogP contribution in [0, 0.1) is 0 Å². The number of amides is 2. The van der Waals surface area contributed by atoms with E-state index in [2.05, 4.69) is 15.6 Å². The van der Waals surface area contributed by atoms with Crippen LogP contribution in [0.5, 0.6) is 0 Å². The molecule has 1 aromatic carbocycles. The molecule has 2 aromatic heterocycles. The first kappa shape index (κ1) is 17.8. The number of carbonyl (C=O) groups excluding carboxylic acids is 2. The maximum absolute atomic E-state index is 12.5. The Balaban J connectivity index is 1.73. The monoisotopic (exact) mass is 370 g/mol. The van der Waals surface area contributed by atoms with Crippen LogP contribution in [0.3, 0.4) is 0 Å². The van der Waals surface area contributed by atoms with Crippen LogP contribution >= 0.6 is 11.3 Å². The van der Waals surface area contributed by atoms with Crippen molar-refractivity contribution in [3.8, 4) is 0 Å². The number of rotatable bonds is 5. The van der Waals surface area contributed by atoms with Gasteiger partial charge in [-0.1, -0.05) is 6.92 Å². The van der Waals surface area contributed by atoms with Crippen molar-refractivity contribution in [2.45, 2.75) is 19.9 Å². The number of thiophene rings is 1. The highest BCUT2D eigenvalue weighted by molar-refractivity contribution is 7.18. The number of aromatic nitrogens is 2. The van der Waals surface area contributed by atoms with Crippen LogP contribution in [-0.4, -0.2) is 28.4 Å². The van der Waals surface area contributed by atoms with Gasteiger partial charge in [0.1, 0.15) is 11.4 Å². The number of hydrogen-bond donors (Lipinski definition) is 2. The van der Waals surface area contributed by atoms with Crippen molar-refractivity contribution in [2.24, 2.45) is 0 Å². The summed E-state index contributed by atoms with van der Waals surface area (Å²) in [5.41, 5.74) is 0.824. The minimum Gasteiger partial charge on any atom is -0.355 e. The zero-order chi connectivity index (χ0) is 18.7. The second kappa shape index (κ2) is 7.49. The van der Waals surface area contributed by atoms with Crippen LogP contribution in [0.25, 0.3) is 10.2 Å². The van der Waals surface area contributed by atoms with E-state index >= 15 is 0 Å². The number of fused-ring (bicyclic) bond motifs is 1. The van der Waals surface area contributed by atoms with Crippen molar-refractivity contribution in [1.29, 1.82) is 0 Å². The molecular formula is C18H18N4O3S. The van der Waals surface area contributed by atoms with Crippen LogP contribution in [0.4, 0.5) is 5.69 Å². The Hall–Kier alpha value is -3.00. The van der Waals surface area contributed by atoms with Crippen molar-refractivity contribution in [1.82, 2.24) is 14.9 Å². The maximum Gasteiger partial charge on any atom is 0.262 e. The number of aryl methyl sites for hydroxylation is 1. The van der Waals surface area contributed by atoms with Gasteiger partial charge in [0.15, 0.2) is 0 Å². The average Bonchev–Trinajstić information content (AvgIpc) is 3.08. The summed E-state index contributed by atoms with van der Waals surface area (Å²) in [5, 5.41) is 5.78. The summed E-state index contributed by atoms with van der Waals surface area (Å²) in [5.74, 6) is -0.539. The molecule has 2 amide bonds. The molecule has 0 unspecified atom stereocenters. The zero-order valence-electron chi connectivity index (χ0n) is 14.4. The Morgan fingerprint density at radius 1 is 1.23 bits per heavy atom. The summed E-state index contributed by atoms with van der Waals surface area (Å²) in [4.78, 5) is 42.3. The first-order chi connectivity index (χ1) is 12.5. The predicted molar refractivity (Wildman–Crippen MR) is 102 cm³/mol. The normalized spacial score (nSPS) is 10.7. The molecule has 0 aliphatic rings. The third-order valence-corrected chi connectivity index (χ3v) is 5.08. The molecule has 0 aliphatic heterocycles. The van der Waals surface area contributed by atoms with E-state index in [0.29, 0.717) is 21.5 Å². The number of carbonyl (C=O) groups is 2. The fourth-order valence-corrected chi connectivity index (χ4v) is 3.43. The lowest BCUT2D eigenvalue weighted by Gasteiger charge is -2.08. The quantitative estimate of drug-likeness (QED) is 0.719. The molecule has 8 heteroatoms. The third kappa shape index (κ3) is 3.65. The summed E-state index contributed by atoms with van der Waals surface area (Å²) in [6.45, 7) is 1.89. The molecule has 3 rings (SSSR count). The highest BCUT2D eigenvalue weighted by Gasteiger charge is 2.11. The number of nitrogens with one attached hydrogen (secondary N) is 2. The van der Waals surface area contributed by atoms with E-state index in [1.165, 1.54) is 22.2 Å². The van der Waals surface area contributed by atoms with Crippen LogP contribution < -0.4 is 16.2 Å². The second-order valence-electron chi connectivity index (χ2n) is 5.67. The van der Waals surface area contributed by atoms with Gasteiger partial charge < -0.3 is 10.6 Å². The Labute approximate surface area is 153 Å². The molecule has 26 heavy (non-hydrogen) atoms. The van der Waals surface area contributed by atoms with Gasteiger partial charge in [-0.2, -0.15) is 0 Å². The molecule has 0 saturated heterocycles. The number of benzene rings is 1. The molecule has 134 valence electrons. The summed E-state index contributed by atoms with van der Waals surface area (Å²) < 4.78 is 1.29. The van der Waals surface area contributed by atoms with Gasteiger partial charge in [0.05, 0.1) is 11.7 Å². The number of nitrogens with zero attached hydrogens (tertiary/aromatic N) is 2. The van der Waals surface area contributed by atoms with Crippen LogP contribution in [0.1, 0.15) is 22.2 Å². The lowest BCUT2D eigenvalue weighted by atomic mass is 10.2. The van der Waals surface area contributed by atoms with Crippen molar-refractivity contribution in [2.75, 3.05) is 12.4 Å². The van der Waals surface area contributed by atoms with Gasteiger partial charge >= 0.3 is 0 Å². The topological polar surface area (TPSA) is 93.1 Å². The minimum absolute atomic E-state index is 0.129. The lowest BCUT2D eigenvalue weighted by Crippen LogP contribution is -2.27. The smallest absolute Gasteiger partial charge is 0.262 e. The van der Waals surface area contributed by atoms with Crippen LogP contribution in [-0.2, 0) is 17.8 Å².